The largest absolute Gasteiger partial charge is 0.355 e. The molecule has 0 aliphatic rings. The first-order valence-electron chi connectivity index (χ1n) is 7.70. The molecule has 0 saturated heterocycles. The molecule has 0 aliphatic carbocycles. The maximum atomic E-state index is 12.0. The number of benzene rings is 2. The van der Waals surface area contributed by atoms with Crippen LogP contribution in [0.2, 0.25) is 5.02 Å². The molecule has 2 amide bonds. The lowest BCUT2D eigenvalue weighted by Crippen LogP contribution is -2.86. The van der Waals surface area contributed by atoms with Gasteiger partial charge in [-0.3, -0.25) is 9.59 Å². The molecule has 5 nitrogen and oxygen atoms in total. The molecule has 0 saturated carbocycles. The quantitative estimate of drug-likeness (QED) is 0.748. The molecule has 0 aromatic heterocycles. The molecule has 0 radical (unpaired) electrons. The molecule has 2 aromatic rings. The number of carbonyl (C=O) groups is 2. The predicted molar refractivity (Wildman–Crippen MR) is 95.1 cm³/mol. The zero-order valence-electron chi connectivity index (χ0n) is 13.7. The van der Waals surface area contributed by atoms with Gasteiger partial charge in [-0.2, -0.15) is 0 Å². The Morgan fingerprint density at radius 2 is 1.88 bits per heavy atom. The van der Waals surface area contributed by atoms with E-state index in [-0.39, 0.29) is 17.9 Å². The van der Waals surface area contributed by atoms with Crippen molar-refractivity contribution in [3.8, 4) is 0 Å². The number of halogens is 1. The molecule has 0 heterocycles. The van der Waals surface area contributed by atoms with Crippen molar-refractivity contribution in [2.24, 2.45) is 0 Å². The summed E-state index contributed by atoms with van der Waals surface area (Å²) in [6.45, 7) is 2.32. The fourth-order valence-corrected chi connectivity index (χ4v) is 2.47. The van der Waals surface area contributed by atoms with E-state index in [2.05, 4.69) is 10.6 Å². The molecule has 4 N–H and O–H groups in total. The Bertz CT molecular complexity index is 716. The maximum Gasteiger partial charge on any atom is 0.279 e. The van der Waals surface area contributed by atoms with Crippen molar-refractivity contribution in [1.29, 1.82) is 0 Å². The van der Waals surface area contributed by atoms with Gasteiger partial charge in [-0.1, -0.05) is 23.7 Å². The minimum atomic E-state index is -0.156. The maximum absolute atomic E-state index is 12.0. The van der Waals surface area contributed by atoms with Gasteiger partial charge in [0.15, 0.2) is 6.54 Å². The average Bonchev–Trinajstić information content (AvgIpc) is 2.59. The molecule has 6 heteroatoms. The lowest BCUT2D eigenvalue weighted by molar-refractivity contribution is -0.682. The van der Waals surface area contributed by atoms with E-state index in [1.54, 1.807) is 31.3 Å². The van der Waals surface area contributed by atoms with Gasteiger partial charge >= 0.3 is 0 Å². The van der Waals surface area contributed by atoms with Crippen molar-refractivity contribution < 1.29 is 14.9 Å². The van der Waals surface area contributed by atoms with Crippen LogP contribution in [0.15, 0.2) is 48.5 Å². The second-order valence-corrected chi connectivity index (χ2v) is 5.92. The van der Waals surface area contributed by atoms with Crippen molar-refractivity contribution in [1.82, 2.24) is 5.32 Å². The number of nitrogens with one attached hydrogen (secondary N) is 2. The van der Waals surface area contributed by atoms with E-state index < -0.39 is 0 Å². The van der Waals surface area contributed by atoms with Crippen LogP contribution in [0, 0.1) is 0 Å². The van der Waals surface area contributed by atoms with Crippen LogP contribution in [0.4, 0.5) is 5.69 Å². The van der Waals surface area contributed by atoms with Gasteiger partial charge in [0.2, 0.25) is 0 Å². The normalized spacial score (nSPS) is 11.6. The Labute approximate surface area is 146 Å². The van der Waals surface area contributed by atoms with E-state index in [0.29, 0.717) is 22.8 Å². The number of nitrogens with two attached hydrogens (primary N) is 1. The second kappa shape index (κ2) is 8.47. The fraction of sp³-hybridized carbons (Fsp3) is 0.222. The standard InChI is InChI=1S/C18H20ClN3O2/c1-12(14-4-3-5-15(19)10-14)21-11-17(23)22-16-8-6-13(7-9-16)18(24)20-2/h3-10,12,21H,11H2,1-2H3,(H,20,24)(H,22,23)/p+1/t12-/m0/s1. The van der Waals surface area contributed by atoms with Crippen LogP contribution < -0.4 is 16.0 Å². The summed E-state index contributed by atoms with van der Waals surface area (Å²) in [7, 11) is 1.58. The summed E-state index contributed by atoms with van der Waals surface area (Å²) in [4.78, 5) is 23.5. The van der Waals surface area contributed by atoms with E-state index in [1.807, 2.05) is 36.5 Å². The number of amides is 2. The minimum absolute atomic E-state index is 0.100. The highest BCUT2D eigenvalue weighted by Gasteiger charge is 2.12. The molecule has 2 aromatic carbocycles. The van der Waals surface area contributed by atoms with Crippen molar-refractivity contribution in [3.05, 3.63) is 64.7 Å². The van der Waals surface area contributed by atoms with Crippen LogP contribution in [0.3, 0.4) is 0 Å². The zero-order chi connectivity index (χ0) is 17.5. The van der Waals surface area contributed by atoms with Gasteiger partial charge in [-0.05, 0) is 43.3 Å². The Kier molecular flexibility index (Phi) is 6.35. The Hall–Kier alpha value is -2.37. The molecule has 2 rings (SSSR count). The van der Waals surface area contributed by atoms with Crippen molar-refractivity contribution >= 4 is 29.1 Å². The molecule has 24 heavy (non-hydrogen) atoms. The van der Waals surface area contributed by atoms with Crippen molar-refractivity contribution in [2.75, 3.05) is 18.9 Å². The van der Waals surface area contributed by atoms with Crippen LogP contribution in [0.1, 0.15) is 28.9 Å². The van der Waals surface area contributed by atoms with Crippen LogP contribution in [0.5, 0.6) is 0 Å². The van der Waals surface area contributed by atoms with Gasteiger partial charge in [0.1, 0.15) is 6.04 Å². The molecule has 0 aliphatic heterocycles. The number of hydrogen-bond acceptors (Lipinski definition) is 2. The fourth-order valence-electron chi connectivity index (χ4n) is 2.27. The summed E-state index contributed by atoms with van der Waals surface area (Å²) in [6, 6.07) is 14.5. The number of rotatable bonds is 6. The Balaban J connectivity index is 1.86. The van der Waals surface area contributed by atoms with Crippen molar-refractivity contribution in [3.63, 3.8) is 0 Å². The predicted octanol–water partition coefficient (Wildman–Crippen LogP) is 1.96. The third kappa shape index (κ3) is 5.08. The lowest BCUT2D eigenvalue weighted by atomic mass is 10.1. The van der Waals surface area contributed by atoms with Gasteiger partial charge in [-0.25, -0.2) is 0 Å². The van der Waals surface area contributed by atoms with Crippen LogP contribution in [0.25, 0.3) is 0 Å². The molecule has 0 spiro atoms. The molecular formula is C18H21ClN3O2+. The van der Waals surface area contributed by atoms with Crippen LogP contribution >= 0.6 is 11.6 Å². The highest BCUT2D eigenvalue weighted by molar-refractivity contribution is 6.30. The van der Waals surface area contributed by atoms with E-state index in [4.69, 9.17) is 11.6 Å². The number of anilines is 1. The summed E-state index contributed by atoms with van der Waals surface area (Å²) in [5.41, 5.74) is 2.29. The Morgan fingerprint density at radius 1 is 1.17 bits per heavy atom. The molecule has 0 unspecified atom stereocenters. The van der Waals surface area contributed by atoms with Gasteiger partial charge in [0.05, 0.1) is 0 Å². The first-order valence-corrected chi connectivity index (χ1v) is 8.08. The molecule has 0 fully saturated rings. The highest BCUT2D eigenvalue weighted by atomic mass is 35.5. The number of hydrogen-bond donors (Lipinski definition) is 3. The second-order valence-electron chi connectivity index (χ2n) is 5.49. The van der Waals surface area contributed by atoms with E-state index >= 15 is 0 Å². The summed E-state index contributed by atoms with van der Waals surface area (Å²) < 4.78 is 0. The van der Waals surface area contributed by atoms with Crippen LogP contribution in [-0.2, 0) is 4.79 Å². The van der Waals surface area contributed by atoms with E-state index in [0.717, 1.165) is 5.56 Å². The Morgan fingerprint density at radius 3 is 2.50 bits per heavy atom. The monoisotopic (exact) mass is 346 g/mol. The minimum Gasteiger partial charge on any atom is -0.355 e. The van der Waals surface area contributed by atoms with Crippen LogP contribution in [-0.4, -0.2) is 25.4 Å². The van der Waals surface area contributed by atoms with Gasteiger partial charge < -0.3 is 16.0 Å². The van der Waals surface area contributed by atoms with Gasteiger partial charge in [0, 0.05) is 28.9 Å². The lowest BCUT2D eigenvalue weighted by Gasteiger charge is -2.11. The highest BCUT2D eigenvalue weighted by Crippen LogP contribution is 2.14. The summed E-state index contributed by atoms with van der Waals surface area (Å²) in [6.07, 6.45) is 0. The van der Waals surface area contributed by atoms with Crippen molar-refractivity contribution in [2.45, 2.75) is 13.0 Å². The van der Waals surface area contributed by atoms with E-state index in [1.165, 1.54) is 0 Å². The first-order chi connectivity index (χ1) is 11.5. The molecular weight excluding hydrogens is 326 g/mol. The smallest absolute Gasteiger partial charge is 0.279 e. The van der Waals surface area contributed by atoms with E-state index in [9.17, 15) is 9.59 Å². The molecule has 1 atom stereocenters. The summed E-state index contributed by atoms with van der Waals surface area (Å²) in [5, 5.41) is 8.00. The number of quaternary nitrogens is 1. The number of carbonyl (C=O) groups excluding carboxylic acids is 2. The molecule has 126 valence electrons. The average molecular weight is 347 g/mol. The third-order valence-corrected chi connectivity index (χ3v) is 3.92. The molecule has 0 bridgehead atoms. The zero-order valence-corrected chi connectivity index (χ0v) is 14.4. The summed E-state index contributed by atoms with van der Waals surface area (Å²) >= 11 is 5.98. The summed E-state index contributed by atoms with van der Waals surface area (Å²) in [5.74, 6) is -0.256. The van der Waals surface area contributed by atoms with Gasteiger partial charge in [-0.15, -0.1) is 0 Å². The third-order valence-electron chi connectivity index (χ3n) is 3.69. The first kappa shape index (κ1) is 18.0. The SMILES string of the molecule is CNC(=O)c1ccc(NC(=O)C[NH2+][C@@H](C)c2cccc(Cl)c2)cc1. The topological polar surface area (TPSA) is 74.8 Å². The van der Waals surface area contributed by atoms with Gasteiger partial charge in [0.25, 0.3) is 11.8 Å².